The van der Waals surface area contributed by atoms with Crippen molar-refractivity contribution >= 4 is 5.91 Å². The molecule has 98 valence electrons. The van der Waals surface area contributed by atoms with Gasteiger partial charge in [-0.15, -0.1) is 10.2 Å². The molecule has 1 saturated carbocycles. The number of tetrazole rings is 1. The van der Waals surface area contributed by atoms with E-state index < -0.39 is 0 Å². The average molecular weight is 250 g/mol. The molecule has 0 aromatic carbocycles. The van der Waals surface area contributed by atoms with Gasteiger partial charge in [0.1, 0.15) is 0 Å². The van der Waals surface area contributed by atoms with E-state index in [-0.39, 0.29) is 11.7 Å². The van der Waals surface area contributed by atoms with Gasteiger partial charge in [-0.2, -0.15) is 5.21 Å². The van der Waals surface area contributed by atoms with Crippen molar-refractivity contribution in [1.29, 1.82) is 0 Å². The number of hydrogen-bond acceptors (Lipinski definition) is 5. The van der Waals surface area contributed by atoms with Crippen LogP contribution in [0.3, 0.4) is 0 Å². The van der Waals surface area contributed by atoms with Gasteiger partial charge < -0.3 is 10.2 Å². The van der Waals surface area contributed by atoms with Crippen LogP contribution in [0.4, 0.5) is 0 Å². The third-order valence-electron chi connectivity index (χ3n) is 3.61. The molecule has 0 bridgehead atoms. The predicted octanol–water partition coefficient (Wildman–Crippen LogP) is -0.0536. The molecule has 7 heteroatoms. The van der Waals surface area contributed by atoms with E-state index in [1.807, 2.05) is 4.90 Å². The van der Waals surface area contributed by atoms with Crippen LogP contribution in [0.5, 0.6) is 0 Å². The van der Waals surface area contributed by atoms with E-state index in [4.69, 9.17) is 0 Å². The predicted molar refractivity (Wildman–Crippen MR) is 63.9 cm³/mol. The molecule has 2 N–H and O–H groups in total. The minimum Gasteiger partial charge on any atom is -0.331 e. The summed E-state index contributed by atoms with van der Waals surface area (Å²) >= 11 is 0. The Morgan fingerprint density at radius 1 is 1.33 bits per heavy atom. The number of hydrogen-bond donors (Lipinski definition) is 2. The van der Waals surface area contributed by atoms with Crippen molar-refractivity contribution in [2.75, 3.05) is 13.1 Å². The second kappa shape index (κ2) is 5.01. The van der Waals surface area contributed by atoms with E-state index in [1.165, 1.54) is 12.8 Å². The van der Waals surface area contributed by atoms with Gasteiger partial charge in [-0.1, -0.05) is 6.42 Å². The molecule has 1 aliphatic heterocycles. The van der Waals surface area contributed by atoms with Gasteiger partial charge in [0.25, 0.3) is 11.7 Å². The second-order valence-electron chi connectivity index (χ2n) is 5.07. The number of aromatic amines is 1. The van der Waals surface area contributed by atoms with Crippen LogP contribution in [0.25, 0.3) is 0 Å². The van der Waals surface area contributed by atoms with Crippen molar-refractivity contribution in [2.24, 2.45) is 0 Å². The molecule has 1 atom stereocenters. The van der Waals surface area contributed by atoms with Crippen LogP contribution in [0, 0.1) is 0 Å². The van der Waals surface area contributed by atoms with Crippen LogP contribution < -0.4 is 5.32 Å². The Bertz CT molecular complexity index is 396. The number of amides is 1. The highest BCUT2D eigenvalue weighted by Gasteiger charge is 2.36. The van der Waals surface area contributed by atoms with E-state index in [1.54, 1.807) is 0 Å². The first-order valence-corrected chi connectivity index (χ1v) is 6.62. The molecule has 7 nitrogen and oxygen atoms in total. The maximum atomic E-state index is 12.3. The molecule has 1 aromatic heterocycles. The summed E-state index contributed by atoms with van der Waals surface area (Å²) in [4.78, 5) is 14.2. The van der Waals surface area contributed by atoms with Gasteiger partial charge in [0.2, 0.25) is 0 Å². The smallest absolute Gasteiger partial charge is 0.295 e. The molecule has 0 radical (unpaired) electrons. The number of aromatic nitrogens is 4. The summed E-state index contributed by atoms with van der Waals surface area (Å²) in [6.07, 6.45) is 5.81. The Hall–Kier alpha value is -1.50. The zero-order chi connectivity index (χ0) is 12.4. The summed E-state index contributed by atoms with van der Waals surface area (Å²) in [5, 5.41) is 16.8. The van der Waals surface area contributed by atoms with Crippen LogP contribution in [0.15, 0.2) is 0 Å². The Labute approximate surface area is 105 Å². The maximum absolute atomic E-state index is 12.3. The number of nitrogens with one attached hydrogen (secondary N) is 2. The molecule has 3 rings (SSSR count). The Morgan fingerprint density at radius 2 is 2.22 bits per heavy atom. The van der Waals surface area contributed by atoms with E-state index in [2.05, 4.69) is 25.9 Å². The molecular formula is C11H18N6O. The van der Waals surface area contributed by atoms with Crippen molar-refractivity contribution < 1.29 is 4.79 Å². The summed E-state index contributed by atoms with van der Waals surface area (Å²) < 4.78 is 0. The lowest BCUT2D eigenvalue weighted by atomic mass is 10.0. The lowest BCUT2D eigenvalue weighted by Gasteiger charge is -2.30. The molecule has 1 aliphatic carbocycles. The van der Waals surface area contributed by atoms with Crippen molar-refractivity contribution in [3.05, 3.63) is 5.82 Å². The number of nitrogens with zero attached hydrogens (tertiary/aromatic N) is 4. The second-order valence-corrected chi connectivity index (χ2v) is 5.07. The van der Waals surface area contributed by atoms with Gasteiger partial charge in [0.05, 0.1) is 0 Å². The minimum absolute atomic E-state index is 0.0985. The first kappa shape index (κ1) is 11.6. The maximum Gasteiger partial charge on any atom is 0.295 e. The summed E-state index contributed by atoms with van der Waals surface area (Å²) in [7, 11) is 0. The SMILES string of the molecule is O=C(c1nn[nH]n1)N(CC1CCCCN1)C1CC1. The zero-order valence-electron chi connectivity index (χ0n) is 10.3. The van der Waals surface area contributed by atoms with Crippen LogP contribution in [0.1, 0.15) is 42.7 Å². The third kappa shape index (κ3) is 2.50. The molecule has 18 heavy (non-hydrogen) atoms. The standard InChI is InChI=1S/C11H18N6O/c18-11(10-13-15-16-14-10)17(9-4-5-9)7-8-3-1-2-6-12-8/h8-9,12H,1-7H2,(H,13,14,15,16). The van der Waals surface area contributed by atoms with Crippen LogP contribution in [-0.2, 0) is 0 Å². The highest BCUT2D eigenvalue weighted by molar-refractivity contribution is 5.90. The summed E-state index contributed by atoms with van der Waals surface area (Å²) in [5.41, 5.74) is 0. The molecule has 1 aromatic rings. The highest BCUT2D eigenvalue weighted by Crippen LogP contribution is 2.28. The Kier molecular flexibility index (Phi) is 3.22. The highest BCUT2D eigenvalue weighted by atomic mass is 16.2. The molecule has 2 heterocycles. The largest absolute Gasteiger partial charge is 0.331 e. The van der Waals surface area contributed by atoms with Gasteiger partial charge in [0.15, 0.2) is 0 Å². The van der Waals surface area contributed by atoms with Gasteiger partial charge in [-0.3, -0.25) is 4.79 Å². The zero-order valence-corrected chi connectivity index (χ0v) is 10.3. The lowest BCUT2D eigenvalue weighted by Crippen LogP contribution is -2.46. The van der Waals surface area contributed by atoms with E-state index in [0.717, 1.165) is 32.4 Å². The van der Waals surface area contributed by atoms with Crippen LogP contribution >= 0.6 is 0 Å². The average Bonchev–Trinajstić information content (AvgIpc) is 3.10. The topological polar surface area (TPSA) is 86.8 Å². The Morgan fingerprint density at radius 3 is 2.83 bits per heavy atom. The number of H-pyrrole nitrogens is 1. The number of piperidine rings is 1. The first-order chi connectivity index (χ1) is 8.84. The van der Waals surface area contributed by atoms with Crippen LogP contribution in [-0.4, -0.2) is 56.6 Å². The first-order valence-electron chi connectivity index (χ1n) is 6.62. The molecular weight excluding hydrogens is 232 g/mol. The fourth-order valence-corrected chi connectivity index (χ4v) is 2.48. The van der Waals surface area contributed by atoms with E-state index in [9.17, 15) is 4.79 Å². The molecule has 2 aliphatic rings. The minimum atomic E-state index is -0.0985. The van der Waals surface area contributed by atoms with Crippen LogP contribution in [0.2, 0.25) is 0 Å². The summed E-state index contributed by atoms with van der Waals surface area (Å²) in [5.74, 6) is 0.0799. The molecule has 1 amide bonds. The normalized spacial score (nSPS) is 23.9. The molecule has 2 fully saturated rings. The molecule has 0 spiro atoms. The quantitative estimate of drug-likeness (QED) is 0.782. The fourth-order valence-electron chi connectivity index (χ4n) is 2.48. The lowest BCUT2D eigenvalue weighted by molar-refractivity contribution is 0.0705. The van der Waals surface area contributed by atoms with Gasteiger partial charge in [0, 0.05) is 18.6 Å². The summed E-state index contributed by atoms with van der Waals surface area (Å²) in [6.45, 7) is 1.82. The number of carbonyl (C=O) groups is 1. The van der Waals surface area contributed by atoms with Gasteiger partial charge in [-0.25, -0.2) is 0 Å². The van der Waals surface area contributed by atoms with Crippen molar-refractivity contribution in [3.63, 3.8) is 0 Å². The van der Waals surface area contributed by atoms with Crippen molar-refractivity contribution in [2.45, 2.75) is 44.2 Å². The Balaban J connectivity index is 1.66. The van der Waals surface area contributed by atoms with Gasteiger partial charge >= 0.3 is 0 Å². The monoisotopic (exact) mass is 250 g/mol. The molecule has 1 saturated heterocycles. The molecule has 1 unspecified atom stereocenters. The summed E-state index contributed by atoms with van der Waals surface area (Å²) in [6, 6.07) is 0.787. The fraction of sp³-hybridized carbons (Fsp3) is 0.818. The van der Waals surface area contributed by atoms with E-state index >= 15 is 0 Å². The number of rotatable bonds is 4. The van der Waals surface area contributed by atoms with E-state index in [0.29, 0.717) is 12.1 Å². The third-order valence-corrected chi connectivity index (χ3v) is 3.61. The van der Waals surface area contributed by atoms with Gasteiger partial charge in [-0.05, 0) is 37.4 Å². The van der Waals surface area contributed by atoms with Crippen molar-refractivity contribution in [1.82, 2.24) is 30.8 Å². The number of carbonyl (C=O) groups excluding carboxylic acids is 1. The van der Waals surface area contributed by atoms with Crippen molar-refractivity contribution in [3.8, 4) is 0 Å².